The Hall–Kier alpha value is -1.41. The molecule has 0 aromatic rings. The number of carbonyl (C=O) groups is 1. The second-order valence-corrected chi connectivity index (χ2v) is 3.08. The molecule has 0 fully saturated rings. The third-order valence-electron chi connectivity index (χ3n) is 1.65. The van der Waals surface area contributed by atoms with Crippen LogP contribution in [0.5, 0.6) is 0 Å². The predicted molar refractivity (Wildman–Crippen MR) is 53.9 cm³/mol. The van der Waals surface area contributed by atoms with Crippen LogP contribution in [-0.2, 0) is 9.53 Å². The van der Waals surface area contributed by atoms with Crippen molar-refractivity contribution in [3.8, 4) is 0 Å². The largest absolute Gasteiger partial charge is 0.457 e. The van der Waals surface area contributed by atoms with Crippen molar-refractivity contribution < 1.29 is 14.3 Å². The third-order valence-corrected chi connectivity index (χ3v) is 1.65. The fourth-order valence-electron chi connectivity index (χ4n) is 0.965. The van der Waals surface area contributed by atoms with Crippen LogP contribution in [0.15, 0.2) is 12.2 Å². The van der Waals surface area contributed by atoms with E-state index in [0.29, 0.717) is 13.0 Å². The highest BCUT2D eigenvalue weighted by Gasteiger charge is 2.20. The van der Waals surface area contributed by atoms with Gasteiger partial charge in [0.1, 0.15) is 0 Å². The van der Waals surface area contributed by atoms with Gasteiger partial charge in [0.15, 0.2) is 0 Å². The van der Waals surface area contributed by atoms with Gasteiger partial charge in [0.05, 0.1) is 13.0 Å². The molecule has 0 aromatic carbocycles. The number of carbonyl (C=O) groups excluding carboxylic acids is 1. The maximum Gasteiger partial charge on any atom is 0.416 e. The van der Waals surface area contributed by atoms with E-state index in [0.717, 1.165) is 18.4 Å². The van der Waals surface area contributed by atoms with Gasteiger partial charge in [-0.2, -0.15) is 4.79 Å². The number of rotatable bonds is 6. The highest BCUT2D eigenvalue weighted by atomic mass is 16.5. The van der Waals surface area contributed by atoms with Gasteiger partial charge in [-0.1, -0.05) is 5.57 Å². The van der Waals surface area contributed by atoms with Crippen LogP contribution in [0.25, 0.3) is 5.53 Å². The van der Waals surface area contributed by atoms with E-state index in [2.05, 4.69) is 11.4 Å². The minimum absolute atomic E-state index is 0.0769. The Morgan fingerprint density at radius 3 is 2.57 bits per heavy atom. The molecule has 78 valence electrons. The second-order valence-electron chi connectivity index (χ2n) is 3.08. The van der Waals surface area contributed by atoms with Crippen molar-refractivity contribution in [2.45, 2.75) is 33.1 Å². The summed E-state index contributed by atoms with van der Waals surface area (Å²) in [5, 5.41) is 0. The first-order valence-corrected chi connectivity index (χ1v) is 4.64. The van der Waals surface area contributed by atoms with Gasteiger partial charge in [-0.3, -0.25) is 0 Å². The zero-order valence-electron chi connectivity index (χ0n) is 8.75. The van der Waals surface area contributed by atoms with Crippen LogP contribution in [0, 0.1) is 0 Å². The van der Waals surface area contributed by atoms with Gasteiger partial charge in [0, 0.05) is 0 Å². The summed E-state index contributed by atoms with van der Waals surface area (Å²) in [7, 11) is 0. The third kappa shape index (κ3) is 5.27. The summed E-state index contributed by atoms with van der Waals surface area (Å²) in [6.45, 7) is 7.66. The molecule has 4 heteroatoms. The first kappa shape index (κ1) is 12.6. The number of hydrogen-bond acceptors (Lipinski definition) is 2. The Labute approximate surface area is 84.2 Å². The molecule has 4 nitrogen and oxygen atoms in total. The van der Waals surface area contributed by atoms with E-state index >= 15 is 0 Å². The Morgan fingerprint density at radius 1 is 1.50 bits per heavy atom. The number of hydrogen-bond donors (Lipinski definition) is 0. The molecule has 0 N–H and O–H groups in total. The van der Waals surface area contributed by atoms with Crippen molar-refractivity contribution in [1.82, 2.24) is 0 Å². The van der Waals surface area contributed by atoms with E-state index in [1.807, 2.05) is 6.92 Å². The molecule has 0 aliphatic heterocycles. The summed E-state index contributed by atoms with van der Waals surface area (Å²) in [6, 6.07) is 0. The van der Waals surface area contributed by atoms with E-state index in [4.69, 9.17) is 10.3 Å². The van der Waals surface area contributed by atoms with E-state index < -0.39 is 5.97 Å². The topological polar surface area (TPSA) is 62.7 Å². The highest BCUT2D eigenvalue weighted by Crippen LogP contribution is 2.04. The summed E-state index contributed by atoms with van der Waals surface area (Å²) in [5.41, 5.74) is 9.68. The predicted octanol–water partition coefficient (Wildman–Crippen LogP) is 1.97. The van der Waals surface area contributed by atoms with Crippen LogP contribution in [0.2, 0.25) is 0 Å². The number of nitrogens with zero attached hydrogens (tertiary/aromatic N) is 2. The maximum atomic E-state index is 11.1. The van der Waals surface area contributed by atoms with E-state index in [-0.39, 0.29) is 5.71 Å². The first-order chi connectivity index (χ1) is 6.61. The summed E-state index contributed by atoms with van der Waals surface area (Å²) in [5.74, 6) is -0.545. The molecule has 0 bridgehead atoms. The standard InChI is InChI=1S/C10H16N2O2/c1-4-14-10(13)9(12-11)7-5-6-8(2)3/h2,4-7H2,1,3H3. The lowest BCUT2D eigenvalue weighted by Gasteiger charge is -1.98. The number of ether oxygens (including phenoxy) is 1. The molecule has 0 rings (SSSR count). The molecule has 0 saturated carbocycles. The zero-order chi connectivity index (χ0) is 11.0. The fourth-order valence-corrected chi connectivity index (χ4v) is 0.965. The van der Waals surface area contributed by atoms with Crippen LogP contribution >= 0.6 is 0 Å². The van der Waals surface area contributed by atoms with E-state index in [1.165, 1.54) is 0 Å². The van der Waals surface area contributed by atoms with Crippen LogP contribution in [0.3, 0.4) is 0 Å². The van der Waals surface area contributed by atoms with Crippen molar-refractivity contribution in [3.63, 3.8) is 0 Å². The monoisotopic (exact) mass is 196 g/mol. The molecule has 0 atom stereocenters. The summed E-state index contributed by atoms with van der Waals surface area (Å²) < 4.78 is 4.70. The molecule has 0 saturated heterocycles. The SMILES string of the molecule is C=C(C)CCCC(=[N+]=[N-])C(=O)OCC. The number of allylic oxidation sites excluding steroid dienone is 1. The van der Waals surface area contributed by atoms with Gasteiger partial charge in [-0.05, 0) is 26.7 Å². The zero-order valence-corrected chi connectivity index (χ0v) is 8.75. The summed E-state index contributed by atoms with van der Waals surface area (Å²) >= 11 is 0. The molecule has 0 aromatic heterocycles. The minimum Gasteiger partial charge on any atom is -0.457 e. The smallest absolute Gasteiger partial charge is 0.416 e. The molecule has 0 radical (unpaired) electrons. The summed E-state index contributed by atoms with van der Waals surface area (Å²) in [6.07, 6.45) is 1.98. The van der Waals surface area contributed by atoms with Crippen molar-refractivity contribution >= 4 is 11.7 Å². The van der Waals surface area contributed by atoms with Crippen LogP contribution in [0.1, 0.15) is 33.1 Å². The first-order valence-electron chi connectivity index (χ1n) is 4.64. The lowest BCUT2D eigenvalue weighted by molar-refractivity contribution is -0.140. The molecule has 0 aliphatic carbocycles. The maximum absolute atomic E-state index is 11.1. The van der Waals surface area contributed by atoms with Gasteiger partial charge in [0.2, 0.25) is 0 Å². The van der Waals surface area contributed by atoms with Gasteiger partial charge >= 0.3 is 11.7 Å². The highest BCUT2D eigenvalue weighted by molar-refractivity contribution is 6.33. The van der Waals surface area contributed by atoms with Crippen molar-refractivity contribution in [1.29, 1.82) is 0 Å². The van der Waals surface area contributed by atoms with Crippen molar-refractivity contribution in [3.05, 3.63) is 17.7 Å². The van der Waals surface area contributed by atoms with Crippen molar-refractivity contribution in [2.75, 3.05) is 6.61 Å². The minimum atomic E-state index is -0.545. The van der Waals surface area contributed by atoms with Gasteiger partial charge in [-0.15, -0.1) is 6.58 Å². The van der Waals surface area contributed by atoms with Gasteiger partial charge < -0.3 is 10.3 Å². The Bertz CT molecular complexity index is 265. The van der Waals surface area contributed by atoms with Crippen LogP contribution in [0.4, 0.5) is 0 Å². The average Bonchev–Trinajstić information content (AvgIpc) is 2.12. The lowest BCUT2D eigenvalue weighted by Crippen LogP contribution is -2.18. The fraction of sp³-hybridized carbons (Fsp3) is 0.600. The quantitative estimate of drug-likeness (QED) is 0.214. The number of esters is 1. The molecule has 0 unspecified atom stereocenters. The van der Waals surface area contributed by atoms with Gasteiger partial charge in [0.25, 0.3) is 0 Å². The van der Waals surface area contributed by atoms with Crippen LogP contribution in [-0.4, -0.2) is 23.1 Å². The average molecular weight is 196 g/mol. The molecule has 14 heavy (non-hydrogen) atoms. The molecule has 0 spiro atoms. The second kappa shape index (κ2) is 7.04. The van der Waals surface area contributed by atoms with Crippen LogP contribution < -0.4 is 0 Å². The lowest BCUT2D eigenvalue weighted by atomic mass is 10.1. The van der Waals surface area contributed by atoms with E-state index in [9.17, 15) is 4.79 Å². The molecular weight excluding hydrogens is 180 g/mol. The van der Waals surface area contributed by atoms with E-state index in [1.54, 1.807) is 6.92 Å². The molecule has 0 amide bonds. The summed E-state index contributed by atoms with van der Waals surface area (Å²) in [4.78, 5) is 14.0. The molecular formula is C10H16N2O2. The molecule has 0 heterocycles. The Kier molecular flexibility index (Phi) is 6.33. The van der Waals surface area contributed by atoms with Crippen molar-refractivity contribution in [2.24, 2.45) is 0 Å². The van der Waals surface area contributed by atoms with Gasteiger partial charge in [-0.25, -0.2) is 4.79 Å². The Morgan fingerprint density at radius 2 is 2.14 bits per heavy atom. The molecule has 0 aliphatic rings. The Balaban J connectivity index is 3.99. The normalized spacial score (nSPS) is 9.00.